The third kappa shape index (κ3) is 78.4. The standard InChI is InChI=1S/C88H149NO8/c1-6-8-10-12-14-16-18-20-22-24-26-28-30-32-34-36-38-40-41-42-43-44-45-47-49-51-53-55-57-59-61-63-65-67-69-71-73-75-77-79-86(91)97-84(83-96-88(87(92)93)94-81-80-89(3,4)5)82-95-85(90)78-76-74-72-70-68-66-64-62-60-58-56-54-52-50-48-46-39-37-35-33-31-29-27-25-23-21-19-17-15-13-11-9-7-2/h8,10,14,16,20,22,25-28,32,34,38,40,42-43,45,47,51,53,57,59,63,65,84,88H,6-7,9,11-13,15,17-19,21,23-24,29-31,33,35-37,39,41,44,46,48-50,52,54-56,58,60-62,64,66-83H2,1-5H3/p+1/b10-8-,16-14-,22-20-,27-25-,28-26-,34-32-,40-38-,43-42-,47-45-,53-51-,59-57-,65-63-. The van der Waals surface area contributed by atoms with E-state index < -0.39 is 24.3 Å². The van der Waals surface area contributed by atoms with Crippen LogP contribution in [0, 0.1) is 0 Å². The summed E-state index contributed by atoms with van der Waals surface area (Å²) in [4.78, 5) is 37.7. The van der Waals surface area contributed by atoms with Crippen LogP contribution in [0.2, 0.25) is 0 Å². The van der Waals surface area contributed by atoms with Crippen LogP contribution in [0.4, 0.5) is 0 Å². The molecule has 0 heterocycles. The average Bonchev–Trinajstić information content (AvgIpc) is 2.39. The number of esters is 2. The van der Waals surface area contributed by atoms with Crippen molar-refractivity contribution >= 4 is 17.9 Å². The van der Waals surface area contributed by atoms with E-state index in [0.29, 0.717) is 23.9 Å². The van der Waals surface area contributed by atoms with Crippen LogP contribution in [0.15, 0.2) is 146 Å². The van der Waals surface area contributed by atoms with Crippen molar-refractivity contribution in [3.8, 4) is 0 Å². The van der Waals surface area contributed by atoms with Gasteiger partial charge in [0, 0.05) is 12.8 Å². The van der Waals surface area contributed by atoms with Crippen molar-refractivity contribution in [2.24, 2.45) is 0 Å². The van der Waals surface area contributed by atoms with E-state index in [-0.39, 0.29) is 32.2 Å². The summed E-state index contributed by atoms with van der Waals surface area (Å²) >= 11 is 0. The lowest BCUT2D eigenvalue weighted by Gasteiger charge is -2.25. The predicted octanol–water partition coefficient (Wildman–Crippen LogP) is 25.8. The monoisotopic (exact) mass is 1350 g/mol. The van der Waals surface area contributed by atoms with E-state index in [0.717, 1.165) is 122 Å². The Labute approximate surface area is 598 Å². The molecule has 0 bridgehead atoms. The number of carbonyl (C=O) groups excluding carboxylic acids is 2. The molecule has 554 valence electrons. The molecule has 0 radical (unpaired) electrons. The van der Waals surface area contributed by atoms with Gasteiger partial charge in [-0.15, -0.1) is 0 Å². The minimum absolute atomic E-state index is 0.178. The number of hydrogen-bond donors (Lipinski definition) is 1. The summed E-state index contributed by atoms with van der Waals surface area (Å²) < 4.78 is 23.0. The summed E-state index contributed by atoms with van der Waals surface area (Å²) in [5.74, 6) is -2.03. The highest BCUT2D eigenvalue weighted by molar-refractivity contribution is 5.71. The van der Waals surface area contributed by atoms with E-state index >= 15 is 0 Å². The van der Waals surface area contributed by atoms with E-state index in [2.05, 4.69) is 160 Å². The van der Waals surface area contributed by atoms with Crippen LogP contribution in [0.1, 0.15) is 335 Å². The highest BCUT2D eigenvalue weighted by Crippen LogP contribution is 2.18. The van der Waals surface area contributed by atoms with Crippen molar-refractivity contribution < 1.29 is 42.9 Å². The molecule has 0 rings (SSSR count). The Morgan fingerprint density at radius 3 is 0.887 bits per heavy atom. The van der Waals surface area contributed by atoms with Crippen LogP contribution in [-0.4, -0.2) is 87.4 Å². The van der Waals surface area contributed by atoms with Crippen molar-refractivity contribution in [2.45, 2.75) is 347 Å². The molecule has 0 aliphatic rings. The highest BCUT2D eigenvalue weighted by atomic mass is 16.7. The zero-order chi connectivity index (χ0) is 70.4. The normalized spacial score (nSPS) is 13.5. The van der Waals surface area contributed by atoms with E-state index in [1.54, 1.807) is 0 Å². The Morgan fingerprint density at radius 2 is 0.588 bits per heavy atom. The van der Waals surface area contributed by atoms with Crippen molar-refractivity contribution in [1.29, 1.82) is 0 Å². The molecule has 0 aromatic heterocycles. The molecule has 0 saturated carbocycles. The van der Waals surface area contributed by atoms with Crippen LogP contribution < -0.4 is 0 Å². The van der Waals surface area contributed by atoms with Gasteiger partial charge >= 0.3 is 17.9 Å². The molecule has 2 atom stereocenters. The summed E-state index contributed by atoms with van der Waals surface area (Å²) in [7, 11) is 5.97. The molecule has 9 heteroatoms. The number of likely N-dealkylation sites (N-methyl/N-ethyl adjacent to an activating group) is 1. The van der Waals surface area contributed by atoms with Gasteiger partial charge in [-0.25, -0.2) is 4.79 Å². The number of aliphatic carboxylic acids is 1. The van der Waals surface area contributed by atoms with Crippen molar-refractivity contribution in [3.63, 3.8) is 0 Å². The van der Waals surface area contributed by atoms with Gasteiger partial charge < -0.3 is 28.5 Å². The van der Waals surface area contributed by atoms with Crippen molar-refractivity contribution in [1.82, 2.24) is 0 Å². The Balaban J connectivity index is 4.13. The SMILES string of the molecule is CC/C=C\C/C=C\C/C=C\C/C=C\C/C=C\C/C=C\C/C=C\C/C=C\C/C=C\C/C=C\C/C=C\CCCCCCCC(=O)OC(COC(=O)CCCCCCCCCCCCCCCCCCCCCCC/C=C\CCCCCCCCCC)COC(OCC[N+](C)(C)C)C(=O)O. The number of nitrogens with zero attached hydrogens (tertiary/aromatic N) is 1. The molecule has 0 aliphatic heterocycles. The molecule has 0 aromatic rings. The first-order valence-electron chi connectivity index (χ1n) is 40.0. The average molecular weight is 1350 g/mol. The van der Waals surface area contributed by atoms with Crippen molar-refractivity contribution in [2.75, 3.05) is 47.5 Å². The van der Waals surface area contributed by atoms with Gasteiger partial charge in [-0.05, 0) is 122 Å². The summed E-state index contributed by atoms with van der Waals surface area (Å²) in [5.41, 5.74) is 0. The van der Waals surface area contributed by atoms with Gasteiger partial charge in [-0.3, -0.25) is 9.59 Å². The second-order valence-electron chi connectivity index (χ2n) is 27.6. The van der Waals surface area contributed by atoms with Crippen LogP contribution >= 0.6 is 0 Å². The molecule has 2 unspecified atom stereocenters. The zero-order valence-electron chi connectivity index (χ0n) is 63.4. The molecule has 1 N–H and O–H groups in total. The third-order valence-electron chi connectivity index (χ3n) is 17.1. The molecule has 0 aliphatic carbocycles. The van der Waals surface area contributed by atoms with Gasteiger partial charge in [0.15, 0.2) is 6.10 Å². The van der Waals surface area contributed by atoms with E-state index in [9.17, 15) is 19.5 Å². The number of carboxylic acids is 1. The maximum Gasteiger partial charge on any atom is 0.361 e. The molecule has 0 aromatic carbocycles. The van der Waals surface area contributed by atoms with E-state index in [1.807, 2.05) is 21.1 Å². The first-order chi connectivity index (χ1) is 47.6. The number of hydrogen-bond acceptors (Lipinski definition) is 7. The lowest BCUT2D eigenvalue weighted by Crippen LogP contribution is -2.40. The second kappa shape index (κ2) is 76.9. The second-order valence-corrected chi connectivity index (χ2v) is 27.6. The van der Waals surface area contributed by atoms with Crippen LogP contribution in [0.25, 0.3) is 0 Å². The van der Waals surface area contributed by atoms with Gasteiger partial charge in [0.05, 0.1) is 34.4 Å². The van der Waals surface area contributed by atoms with Gasteiger partial charge in [-0.1, -0.05) is 346 Å². The van der Waals surface area contributed by atoms with Gasteiger partial charge in [-0.2, -0.15) is 0 Å². The Kier molecular flexibility index (Phi) is 73.1. The number of rotatable bonds is 73. The topological polar surface area (TPSA) is 108 Å². The minimum Gasteiger partial charge on any atom is -0.477 e. The predicted molar refractivity (Wildman–Crippen MR) is 419 cm³/mol. The largest absolute Gasteiger partial charge is 0.477 e. The van der Waals surface area contributed by atoms with E-state index in [1.165, 1.54) is 180 Å². The third-order valence-corrected chi connectivity index (χ3v) is 17.1. The number of ether oxygens (including phenoxy) is 4. The van der Waals surface area contributed by atoms with Crippen LogP contribution in [0.3, 0.4) is 0 Å². The van der Waals surface area contributed by atoms with Gasteiger partial charge in [0.25, 0.3) is 6.29 Å². The summed E-state index contributed by atoms with van der Waals surface area (Å²) in [6, 6.07) is 0. The number of carboxylic acid groups (broad SMARTS) is 1. The minimum atomic E-state index is -1.53. The van der Waals surface area contributed by atoms with Gasteiger partial charge in [0.1, 0.15) is 13.2 Å². The molecular weight excluding hydrogens is 1200 g/mol. The van der Waals surface area contributed by atoms with E-state index in [4.69, 9.17) is 18.9 Å². The fraction of sp³-hybridized carbons (Fsp3) is 0.693. The fourth-order valence-electron chi connectivity index (χ4n) is 11.0. The first kappa shape index (κ1) is 92.2. The summed E-state index contributed by atoms with van der Waals surface area (Å²) in [5, 5.41) is 9.77. The quantitative estimate of drug-likeness (QED) is 0.0211. The summed E-state index contributed by atoms with van der Waals surface area (Å²) in [6.45, 7) is 4.76. The van der Waals surface area contributed by atoms with Crippen LogP contribution in [0.5, 0.6) is 0 Å². The van der Waals surface area contributed by atoms with Gasteiger partial charge in [0.2, 0.25) is 0 Å². The molecule has 9 nitrogen and oxygen atoms in total. The highest BCUT2D eigenvalue weighted by Gasteiger charge is 2.25. The zero-order valence-corrected chi connectivity index (χ0v) is 63.4. The Bertz CT molecular complexity index is 2110. The molecule has 0 spiro atoms. The Hall–Kier alpha value is -4.83. The number of allylic oxidation sites excluding steroid dienone is 24. The molecule has 0 fully saturated rings. The molecule has 0 saturated heterocycles. The maximum atomic E-state index is 13.0. The summed E-state index contributed by atoms with van der Waals surface area (Å²) in [6.07, 6.45) is 110. The lowest BCUT2D eigenvalue weighted by molar-refractivity contribution is -0.870. The number of quaternary nitrogens is 1. The smallest absolute Gasteiger partial charge is 0.361 e. The number of unbranched alkanes of at least 4 members (excludes halogenated alkanes) is 34. The molecule has 97 heavy (non-hydrogen) atoms. The maximum absolute atomic E-state index is 13.0. The molecular formula is C88H150NO8+. The first-order valence-corrected chi connectivity index (χ1v) is 40.0. The number of carbonyl (C=O) groups is 3. The Morgan fingerprint density at radius 1 is 0.320 bits per heavy atom. The molecule has 0 amide bonds. The van der Waals surface area contributed by atoms with Crippen LogP contribution in [-0.2, 0) is 33.3 Å². The van der Waals surface area contributed by atoms with Crippen molar-refractivity contribution in [3.05, 3.63) is 146 Å². The lowest BCUT2D eigenvalue weighted by atomic mass is 10.0. The fourth-order valence-corrected chi connectivity index (χ4v) is 11.0.